The molecule has 1 heterocycles. The Morgan fingerprint density at radius 1 is 1.00 bits per heavy atom. The van der Waals surface area contributed by atoms with Crippen molar-refractivity contribution >= 4 is 10.0 Å². The molecular weight excluding hydrogens is 318 g/mol. The fourth-order valence-corrected chi connectivity index (χ4v) is 5.75. The first-order valence-electron chi connectivity index (χ1n) is 8.70. The molecule has 0 spiro atoms. The quantitative estimate of drug-likeness (QED) is 0.834. The number of hydrogen-bond acceptors (Lipinski definition) is 2. The molecule has 1 saturated heterocycles. The summed E-state index contributed by atoms with van der Waals surface area (Å²) in [5.41, 5.74) is 3.98. The van der Waals surface area contributed by atoms with Gasteiger partial charge in [0.2, 0.25) is 10.0 Å². The third-order valence-corrected chi connectivity index (χ3v) is 7.47. The lowest BCUT2D eigenvalue weighted by atomic mass is 9.72. The molecule has 0 amide bonds. The number of rotatable bonds is 2. The second kappa shape index (κ2) is 6.01. The van der Waals surface area contributed by atoms with Crippen molar-refractivity contribution in [1.29, 1.82) is 0 Å². The molecule has 0 radical (unpaired) electrons. The molecule has 1 aliphatic carbocycles. The smallest absolute Gasteiger partial charge is 0.207 e. The molecule has 2 aromatic rings. The third-order valence-electron chi connectivity index (χ3n) is 5.59. The Labute approximate surface area is 144 Å². The van der Waals surface area contributed by atoms with Crippen LogP contribution in [0.4, 0.5) is 0 Å². The van der Waals surface area contributed by atoms with E-state index in [-0.39, 0.29) is 0 Å². The Kier molecular flexibility index (Phi) is 3.97. The second-order valence-corrected chi connectivity index (χ2v) is 9.01. The van der Waals surface area contributed by atoms with Crippen molar-refractivity contribution in [1.82, 2.24) is 4.31 Å². The molecule has 0 saturated carbocycles. The number of aryl methyl sites for hydroxylation is 2. The zero-order valence-corrected chi connectivity index (χ0v) is 14.8. The zero-order valence-electron chi connectivity index (χ0n) is 14.0. The summed E-state index contributed by atoms with van der Waals surface area (Å²) < 4.78 is 27.6. The summed E-state index contributed by atoms with van der Waals surface area (Å²) in [6, 6.07) is 15.9. The summed E-state index contributed by atoms with van der Waals surface area (Å²) in [5.74, 6) is 0.952. The molecule has 0 aromatic heterocycles. The Morgan fingerprint density at radius 3 is 2.54 bits per heavy atom. The highest BCUT2D eigenvalue weighted by atomic mass is 32.2. The summed E-state index contributed by atoms with van der Waals surface area (Å²) in [6.07, 6.45) is 3.07. The van der Waals surface area contributed by atoms with Crippen LogP contribution in [0.15, 0.2) is 53.4 Å². The molecule has 126 valence electrons. The topological polar surface area (TPSA) is 37.4 Å². The Morgan fingerprint density at radius 2 is 1.75 bits per heavy atom. The van der Waals surface area contributed by atoms with Gasteiger partial charge in [0.05, 0.1) is 4.90 Å². The van der Waals surface area contributed by atoms with Crippen molar-refractivity contribution in [3.8, 4) is 0 Å². The molecule has 1 fully saturated rings. The van der Waals surface area contributed by atoms with Crippen LogP contribution in [0.5, 0.6) is 0 Å². The highest BCUT2D eigenvalue weighted by Gasteiger charge is 2.38. The lowest BCUT2D eigenvalue weighted by molar-refractivity contribution is 0.214. The average Bonchev–Trinajstić information content (AvgIpc) is 2.61. The highest BCUT2D eigenvalue weighted by Crippen LogP contribution is 2.42. The third kappa shape index (κ3) is 2.68. The van der Waals surface area contributed by atoms with Gasteiger partial charge in [0, 0.05) is 13.1 Å². The van der Waals surface area contributed by atoms with Gasteiger partial charge in [-0.1, -0.05) is 42.0 Å². The van der Waals surface area contributed by atoms with Gasteiger partial charge in [0.1, 0.15) is 0 Å². The Balaban J connectivity index is 1.58. The van der Waals surface area contributed by atoms with Gasteiger partial charge >= 0.3 is 0 Å². The second-order valence-electron chi connectivity index (χ2n) is 7.07. The Hall–Kier alpha value is -1.65. The van der Waals surface area contributed by atoms with Crippen molar-refractivity contribution in [3.05, 3.63) is 65.2 Å². The van der Waals surface area contributed by atoms with E-state index in [0.717, 1.165) is 24.8 Å². The summed E-state index contributed by atoms with van der Waals surface area (Å²) in [7, 11) is -3.37. The van der Waals surface area contributed by atoms with E-state index < -0.39 is 10.0 Å². The normalized spacial score (nSPS) is 24.2. The predicted octanol–water partition coefficient (Wildman–Crippen LogP) is 3.74. The molecule has 2 atom stereocenters. The van der Waals surface area contributed by atoms with Gasteiger partial charge < -0.3 is 0 Å². The monoisotopic (exact) mass is 341 g/mol. The summed E-state index contributed by atoms with van der Waals surface area (Å²) in [6.45, 7) is 3.24. The van der Waals surface area contributed by atoms with Gasteiger partial charge in [0.25, 0.3) is 0 Å². The van der Waals surface area contributed by atoms with E-state index >= 15 is 0 Å². The molecule has 0 unspecified atom stereocenters. The molecular formula is C20H23NO2S. The number of nitrogens with zero attached hydrogens (tertiary/aromatic N) is 1. The average molecular weight is 341 g/mol. The van der Waals surface area contributed by atoms with Crippen LogP contribution >= 0.6 is 0 Å². The van der Waals surface area contributed by atoms with Crippen LogP contribution in [0.25, 0.3) is 0 Å². The molecule has 0 bridgehead atoms. The SMILES string of the molecule is Cc1ccc(S(=O)(=O)N2CC[C@H]3c4ccccc4CC[C@H]3C2)cc1. The molecule has 3 nitrogen and oxygen atoms in total. The summed E-state index contributed by atoms with van der Waals surface area (Å²) in [4.78, 5) is 0.419. The minimum absolute atomic E-state index is 0.419. The van der Waals surface area contributed by atoms with E-state index in [9.17, 15) is 8.42 Å². The van der Waals surface area contributed by atoms with Crippen LogP contribution in [0.2, 0.25) is 0 Å². The summed E-state index contributed by atoms with van der Waals surface area (Å²) in [5, 5.41) is 0. The van der Waals surface area contributed by atoms with Crippen LogP contribution < -0.4 is 0 Å². The van der Waals surface area contributed by atoms with Crippen LogP contribution in [0, 0.1) is 12.8 Å². The van der Waals surface area contributed by atoms with Crippen molar-refractivity contribution in [2.24, 2.45) is 5.92 Å². The maximum Gasteiger partial charge on any atom is 0.243 e. The van der Waals surface area contributed by atoms with Crippen molar-refractivity contribution in [2.75, 3.05) is 13.1 Å². The van der Waals surface area contributed by atoms with Crippen molar-refractivity contribution < 1.29 is 8.42 Å². The van der Waals surface area contributed by atoms with Crippen LogP contribution in [0.3, 0.4) is 0 Å². The Bertz CT molecular complexity index is 842. The van der Waals surface area contributed by atoms with Gasteiger partial charge in [-0.05, 0) is 61.3 Å². The molecule has 24 heavy (non-hydrogen) atoms. The number of fused-ring (bicyclic) bond motifs is 3. The first-order valence-corrected chi connectivity index (χ1v) is 10.1. The number of benzene rings is 2. The van der Waals surface area contributed by atoms with Gasteiger partial charge in [0.15, 0.2) is 0 Å². The fraction of sp³-hybridized carbons (Fsp3) is 0.400. The molecule has 2 aliphatic rings. The zero-order chi connectivity index (χ0) is 16.7. The largest absolute Gasteiger partial charge is 0.243 e. The van der Waals surface area contributed by atoms with E-state index in [2.05, 4.69) is 24.3 Å². The molecule has 4 rings (SSSR count). The van der Waals surface area contributed by atoms with Crippen LogP contribution in [-0.4, -0.2) is 25.8 Å². The molecule has 0 N–H and O–H groups in total. The van der Waals surface area contributed by atoms with Crippen molar-refractivity contribution in [3.63, 3.8) is 0 Å². The standard InChI is InChI=1S/C20H23NO2S/c1-15-6-10-18(11-7-15)24(22,23)21-13-12-20-17(14-21)9-8-16-4-2-3-5-19(16)20/h2-7,10-11,17,20H,8-9,12-14H2,1H3/t17-,20+/m0/s1. The lowest BCUT2D eigenvalue weighted by Gasteiger charge is -2.41. The summed E-state index contributed by atoms with van der Waals surface area (Å²) >= 11 is 0. The molecule has 4 heteroatoms. The first kappa shape index (κ1) is 15.9. The van der Waals surface area contributed by atoms with Gasteiger partial charge in [-0.2, -0.15) is 4.31 Å². The first-order chi connectivity index (χ1) is 11.6. The van der Waals surface area contributed by atoms with E-state index in [1.165, 1.54) is 11.1 Å². The van der Waals surface area contributed by atoms with Gasteiger partial charge in [-0.15, -0.1) is 0 Å². The number of sulfonamides is 1. The molecule has 1 aliphatic heterocycles. The van der Waals surface area contributed by atoms with E-state index in [4.69, 9.17) is 0 Å². The maximum atomic E-state index is 12.9. The maximum absolute atomic E-state index is 12.9. The molecule has 2 aromatic carbocycles. The number of piperidine rings is 1. The van der Waals surface area contributed by atoms with E-state index in [1.54, 1.807) is 16.4 Å². The lowest BCUT2D eigenvalue weighted by Crippen LogP contribution is -2.44. The highest BCUT2D eigenvalue weighted by molar-refractivity contribution is 7.89. The fourth-order valence-electron chi connectivity index (χ4n) is 4.24. The minimum atomic E-state index is -3.37. The van der Waals surface area contributed by atoms with Crippen LogP contribution in [-0.2, 0) is 16.4 Å². The van der Waals surface area contributed by atoms with Crippen LogP contribution in [0.1, 0.15) is 35.4 Å². The minimum Gasteiger partial charge on any atom is -0.207 e. The van der Waals surface area contributed by atoms with Crippen molar-refractivity contribution in [2.45, 2.75) is 37.0 Å². The van der Waals surface area contributed by atoms with E-state index in [0.29, 0.717) is 29.8 Å². The van der Waals surface area contributed by atoms with Gasteiger partial charge in [-0.25, -0.2) is 8.42 Å². The van der Waals surface area contributed by atoms with E-state index in [1.807, 2.05) is 19.1 Å². The predicted molar refractivity (Wildman–Crippen MR) is 95.5 cm³/mol. The van der Waals surface area contributed by atoms with Gasteiger partial charge in [-0.3, -0.25) is 0 Å². The number of hydrogen-bond donors (Lipinski definition) is 0.